The standard InChI is InChI=1S/C17H14BrN5O3S/c1-2-27-15-12(8-19)14(21-22-15)20-13(24)5-6-23-16(25)10-4-3-9(18)7-11(10)17(23)26/h3-4,7H,2,5-6H2,1H3,(H2,20,21,22,24). The van der Waals surface area contributed by atoms with E-state index in [1.54, 1.807) is 18.2 Å². The molecule has 2 N–H and O–H groups in total. The predicted octanol–water partition coefficient (Wildman–Crippen LogP) is 2.78. The first-order chi connectivity index (χ1) is 13.0. The number of hydrogen-bond acceptors (Lipinski definition) is 6. The van der Waals surface area contributed by atoms with Gasteiger partial charge >= 0.3 is 0 Å². The molecule has 10 heteroatoms. The molecular weight excluding hydrogens is 434 g/mol. The number of carbonyl (C=O) groups excluding carboxylic acids is 3. The van der Waals surface area contributed by atoms with Crippen LogP contribution < -0.4 is 5.32 Å². The Balaban J connectivity index is 1.65. The van der Waals surface area contributed by atoms with Crippen LogP contribution in [0.15, 0.2) is 27.7 Å². The molecule has 3 rings (SSSR count). The Kier molecular flexibility index (Phi) is 5.62. The average molecular weight is 448 g/mol. The second-order valence-electron chi connectivity index (χ2n) is 5.57. The highest BCUT2D eigenvalue weighted by Crippen LogP contribution is 2.27. The number of benzene rings is 1. The Morgan fingerprint density at radius 3 is 2.81 bits per heavy atom. The first-order valence-electron chi connectivity index (χ1n) is 8.03. The summed E-state index contributed by atoms with van der Waals surface area (Å²) in [6.07, 6.45) is -0.0905. The minimum absolute atomic E-state index is 0.0532. The van der Waals surface area contributed by atoms with E-state index in [0.29, 0.717) is 20.6 Å². The van der Waals surface area contributed by atoms with Crippen LogP contribution in [0.4, 0.5) is 5.82 Å². The lowest BCUT2D eigenvalue weighted by atomic mass is 10.1. The summed E-state index contributed by atoms with van der Waals surface area (Å²) >= 11 is 4.66. The number of halogens is 1. The van der Waals surface area contributed by atoms with E-state index in [1.807, 2.05) is 13.0 Å². The highest BCUT2D eigenvalue weighted by molar-refractivity contribution is 9.10. The van der Waals surface area contributed by atoms with Crippen LogP contribution in [0.25, 0.3) is 0 Å². The monoisotopic (exact) mass is 447 g/mol. The number of anilines is 1. The lowest BCUT2D eigenvalue weighted by molar-refractivity contribution is -0.116. The summed E-state index contributed by atoms with van der Waals surface area (Å²) in [5, 5.41) is 19.0. The Morgan fingerprint density at radius 2 is 2.11 bits per heavy atom. The maximum Gasteiger partial charge on any atom is 0.261 e. The van der Waals surface area contributed by atoms with Crippen molar-refractivity contribution in [3.8, 4) is 6.07 Å². The number of thioether (sulfide) groups is 1. The van der Waals surface area contributed by atoms with Gasteiger partial charge in [0, 0.05) is 17.4 Å². The van der Waals surface area contributed by atoms with Gasteiger partial charge in [-0.25, -0.2) is 0 Å². The molecule has 0 saturated heterocycles. The molecule has 2 heterocycles. The van der Waals surface area contributed by atoms with Crippen LogP contribution in [0.3, 0.4) is 0 Å². The van der Waals surface area contributed by atoms with Crippen molar-refractivity contribution in [2.75, 3.05) is 17.6 Å². The molecule has 138 valence electrons. The molecule has 0 aliphatic carbocycles. The van der Waals surface area contributed by atoms with E-state index in [2.05, 4.69) is 31.4 Å². The van der Waals surface area contributed by atoms with Crippen molar-refractivity contribution >= 4 is 51.2 Å². The molecular formula is C17H14BrN5O3S. The fraction of sp³-hybridized carbons (Fsp3) is 0.235. The second kappa shape index (κ2) is 7.94. The highest BCUT2D eigenvalue weighted by Gasteiger charge is 2.35. The number of imide groups is 1. The number of nitrogens with one attached hydrogen (secondary N) is 2. The minimum atomic E-state index is -0.430. The third-order valence-electron chi connectivity index (χ3n) is 3.89. The van der Waals surface area contributed by atoms with E-state index in [0.717, 1.165) is 10.7 Å². The van der Waals surface area contributed by atoms with Gasteiger partial charge in [0.05, 0.1) is 11.1 Å². The maximum atomic E-state index is 12.4. The van der Waals surface area contributed by atoms with Crippen LogP contribution in [0.2, 0.25) is 0 Å². The van der Waals surface area contributed by atoms with Crippen molar-refractivity contribution < 1.29 is 14.4 Å². The number of hydrogen-bond donors (Lipinski definition) is 2. The normalized spacial score (nSPS) is 12.9. The van der Waals surface area contributed by atoms with E-state index in [-0.39, 0.29) is 24.3 Å². The molecule has 3 amide bonds. The molecule has 1 aliphatic rings. The summed E-state index contributed by atoms with van der Waals surface area (Å²) in [5.41, 5.74) is 0.905. The molecule has 1 aliphatic heterocycles. The molecule has 0 unspecified atom stereocenters. The minimum Gasteiger partial charge on any atom is -0.310 e. The number of nitrogens with zero attached hydrogens (tertiary/aromatic N) is 3. The molecule has 0 atom stereocenters. The predicted molar refractivity (Wildman–Crippen MR) is 102 cm³/mol. The highest BCUT2D eigenvalue weighted by atomic mass is 79.9. The quantitative estimate of drug-likeness (QED) is 0.518. The number of H-pyrrole nitrogens is 1. The van der Waals surface area contributed by atoms with Gasteiger partial charge in [-0.1, -0.05) is 22.9 Å². The van der Waals surface area contributed by atoms with Gasteiger partial charge in [0.25, 0.3) is 11.8 Å². The van der Waals surface area contributed by atoms with Crippen LogP contribution >= 0.6 is 27.7 Å². The fourth-order valence-corrected chi connectivity index (χ4v) is 3.68. The van der Waals surface area contributed by atoms with E-state index >= 15 is 0 Å². The molecule has 0 fully saturated rings. The third kappa shape index (κ3) is 3.74. The average Bonchev–Trinajstić information content (AvgIpc) is 3.12. The van der Waals surface area contributed by atoms with E-state index in [9.17, 15) is 19.6 Å². The molecule has 8 nitrogen and oxygen atoms in total. The summed E-state index contributed by atoms with van der Waals surface area (Å²) in [6, 6.07) is 6.87. The zero-order chi connectivity index (χ0) is 19.6. The van der Waals surface area contributed by atoms with E-state index in [4.69, 9.17) is 0 Å². The molecule has 0 saturated carbocycles. The van der Waals surface area contributed by atoms with Gasteiger partial charge < -0.3 is 5.32 Å². The van der Waals surface area contributed by atoms with Crippen molar-refractivity contribution in [1.82, 2.24) is 15.1 Å². The van der Waals surface area contributed by atoms with Crippen molar-refractivity contribution in [1.29, 1.82) is 5.26 Å². The molecule has 0 spiro atoms. The van der Waals surface area contributed by atoms with Gasteiger partial charge in [-0.3, -0.25) is 24.4 Å². The maximum absolute atomic E-state index is 12.4. The van der Waals surface area contributed by atoms with E-state index in [1.165, 1.54) is 11.8 Å². The Morgan fingerprint density at radius 1 is 1.37 bits per heavy atom. The van der Waals surface area contributed by atoms with E-state index < -0.39 is 17.7 Å². The summed E-state index contributed by atoms with van der Waals surface area (Å²) in [7, 11) is 0. The summed E-state index contributed by atoms with van der Waals surface area (Å²) in [4.78, 5) is 38.0. The molecule has 0 radical (unpaired) electrons. The lowest BCUT2D eigenvalue weighted by Crippen LogP contribution is -2.33. The first-order valence-corrected chi connectivity index (χ1v) is 9.81. The molecule has 2 aromatic rings. The Labute approximate surface area is 167 Å². The molecule has 0 bridgehead atoms. The van der Waals surface area contributed by atoms with Gasteiger partial charge in [0.2, 0.25) is 5.91 Å². The number of carbonyl (C=O) groups is 3. The number of fused-ring (bicyclic) bond motifs is 1. The zero-order valence-corrected chi connectivity index (χ0v) is 16.6. The van der Waals surface area contributed by atoms with Gasteiger partial charge in [-0.05, 0) is 24.0 Å². The first kappa shape index (κ1) is 19.1. The van der Waals surface area contributed by atoms with Crippen LogP contribution in [0, 0.1) is 11.3 Å². The number of rotatable bonds is 6. The van der Waals surface area contributed by atoms with Crippen LogP contribution in [0.5, 0.6) is 0 Å². The van der Waals surface area contributed by atoms with Gasteiger partial charge in [0.1, 0.15) is 22.5 Å². The molecule has 1 aromatic carbocycles. The Bertz CT molecular complexity index is 981. The second-order valence-corrected chi connectivity index (χ2v) is 7.74. The molecule has 1 aromatic heterocycles. The van der Waals surface area contributed by atoms with Crippen molar-refractivity contribution in [2.45, 2.75) is 18.4 Å². The number of aromatic nitrogens is 2. The van der Waals surface area contributed by atoms with Crippen molar-refractivity contribution in [3.05, 3.63) is 39.4 Å². The summed E-state index contributed by atoms with van der Waals surface area (Å²) in [5.74, 6) is -0.324. The number of aromatic amines is 1. The number of nitriles is 1. The van der Waals surface area contributed by atoms with Crippen LogP contribution in [0.1, 0.15) is 39.6 Å². The summed E-state index contributed by atoms with van der Waals surface area (Å²) < 4.78 is 0.700. The van der Waals surface area contributed by atoms with Crippen LogP contribution in [-0.2, 0) is 4.79 Å². The van der Waals surface area contributed by atoms with Crippen molar-refractivity contribution in [3.63, 3.8) is 0 Å². The number of amides is 3. The van der Waals surface area contributed by atoms with Crippen molar-refractivity contribution in [2.24, 2.45) is 0 Å². The third-order valence-corrected chi connectivity index (χ3v) is 5.24. The lowest BCUT2D eigenvalue weighted by Gasteiger charge is -2.13. The van der Waals surface area contributed by atoms with Gasteiger partial charge in [0.15, 0.2) is 0 Å². The fourth-order valence-electron chi connectivity index (χ4n) is 2.64. The Hall–Kier alpha value is -2.64. The van der Waals surface area contributed by atoms with Gasteiger partial charge in [-0.15, -0.1) is 11.8 Å². The SMILES string of the molecule is CCSc1n[nH]c(NC(=O)CCN2C(=O)c3ccc(Br)cc3C2=O)c1C#N. The molecule has 27 heavy (non-hydrogen) atoms. The largest absolute Gasteiger partial charge is 0.310 e. The van der Waals surface area contributed by atoms with Gasteiger partial charge in [-0.2, -0.15) is 10.4 Å². The zero-order valence-electron chi connectivity index (χ0n) is 14.2. The van der Waals surface area contributed by atoms with Crippen LogP contribution in [-0.4, -0.2) is 45.1 Å². The topological polar surface area (TPSA) is 119 Å². The summed E-state index contributed by atoms with van der Waals surface area (Å²) in [6.45, 7) is 1.88. The smallest absolute Gasteiger partial charge is 0.261 e.